The molecule has 0 bridgehead atoms. The van der Waals surface area contributed by atoms with Crippen molar-refractivity contribution in [2.45, 2.75) is 26.2 Å². The molecule has 1 aromatic heterocycles. The molecule has 1 aliphatic rings. The summed E-state index contributed by atoms with van der Waals surface area (Å²) in [6.07, 6.45) is 0.852. The van der Waals surface area contributed by atoms with Crippen LogP contribution in [0.5, 0.6) is 0 Å². The summed E-state index contributed by atoms with van der Waals surface area (Å²) in [4.78, 5) is 28.8. The van der Waals surface area contributed by atoms with E-state index in [0.29, 0.717) is 22.3 Å². The average Bonchev–Trinajstić information content (AvgIpc) is 3.26. The fraction of sp³-hybridized carbons (Fsp3) is 0.353. The van der Waals surface area contributed by atoms with Crippen molar-refractivity contribution < 1.29 is 14.3 Å². The van der Waals surface area contributed by atoms with Gasteiger partial charge >= 0.3 is 5.97 Å². The van der Waals surface area contributed by atoms with Gasteiger partial charge in [0.25, 0.3) is 0 Å². The molecule has 2 atom stereocenters. The quantitative estimate of drug-likeness (QED) is 0.854. The van der Waals surface area contributed by atoms with Crippen LogP contribution in [-0.2, 0) is 9.53 Å². The number of aromatic nitrogens is 1. The van der Waals surface area contributed by atoms with Gasteiger partial charge in [-0.2, -0.15) is 0 Å². The molecule has 120 valence electrons. The third-order valence-electron chi connectivity index (χ3n) is 3.84. The first-order valence-corrected chi connectivity index (χ1v) is 8.42. The van der Waals surface area contributed by atoms with Crippen LogP contribution in [0.2, 0.25) is 0 Å². The number of anilines is 1. The Hall–Kier alpha value is -2.21. The normalized spacial score (nSPS) is 19.2. The van der Waals surface area contributed by atoms with E-state index in [2.05, 4.69) is 10.3 Å². The van der Waals surface area contributed by atoms with Crippen LogP contribution in [0, 0.1) is 12.8 Å². The van der Waals surface area contributed by atoms with Gasteiger partial charge in [-0.15, -0.1) is 0 Å². The molecular weight excluding hydrogens is 312 g/mol. The van der Waals surface area contributed by atoms with Gasteiger partial charge in [0.2, 0.25) is 5.91 Å². The Morgan fingerprint density at radius 1 is 1.35 bits per heavy atom. The van der Waals surface area contributed by atoms with Crippen molar-refractivity contribution in [3.05, 3.63) is 46.5 Å². The average molecular weight is 330 g/mol. The smallest absolute Gasteiger partial charge is 0.350 e. The van der Waals surface area contributed by atoms with Crippen LogP contribution in [0.1, 0.15) is 40.2 Å². The van der Waals surface area contributed by atoms with Crippen molar-refractivity contribution in [1.82, 2.24) is 4.98 Å². The molecule has 1 aromatic carbocycles. The molecule has 3 rings (SSSR count). The van der Waals surface area contributed by atoms with Crippen molar-refractivity contribution in [1.29, 1.82) is 0 Å². The number of ether oxygens (including phenoxy) is 1. The summed E-state index contributed by atoms with van der Waals surface area (Å²) in [6.45, 7) is 3.81. The number of carbonyl (C=O) groups is 2. The zero-order chi connectivity index (χ0) is 16.4. The predicted octanol–water partition coefficient (Wildman–Crippen LogP) is 3.37. The Kier molecular flexibility index (Phi) is 4.43. The first-order chi connectivity index (χ1) is 11.1. The van der Waals surface area contributed by atoms with Crippen molar-refractivity contribution >= 4 is 28.3 Å². The molecule has 2 aromatic rings. The topological polar surface area (TPSA) is 68.3 Å². The second-order valence-electron chi connectivity index (χ2n) is 5.50. The van der Waals surface area contributed by atoms with Crippen LogP contribution in [0.25, 0.3) is 0 Å². The predicted molar refractivity (Wildman–Crippen MR) is 88.7 cm³/mol. The van der Waals surface area contributed by atoms with E-state index in [-0.39, 0.29) is 17.7 Å². The van der Waals surface area contributed by atoms with Gasteiger partial charge in [-0.25, -0.2) is 9.78 Å². The number of carbonyl (C=O) groups excluding carboxylic acids is 2. The van der Waals surface area contributed by atoms with Crippen molar-refractivity contribution in [2.75, 3.05) is 11.9 Å². The highest BCUT2D eigenvalue weighted by Crippen LogP contribution is 2.48. The minimum absolute atomic E-state index is 0.0207. The molecule has 0 radical (unpaired) electrons. The minimum Gasteiger partial charge on any atom is -0.462 e. The van der Waals surface area contributed by atoms with Crippen molar-refractivity contribution in [3.63, 3.8) is 0 Å². The summed E-state index contributed by atoms with van der Waals surface area (Å²) in [5.74, 6) is -0.172. The van der Waals surface area contributed by atoms with E-state index in [1.807, 2.05) is 30.3 Å². The Bertz CT molecular complexity index is 727. The second kappa shape index (κ2) is 6.50. The molecule has 1 aliphatic carbocycles. The van der Waals surface area contributed by atoms with Gasteiger partial charge in [-0.05, 0) is 31.7 Å². The van der Waals surface area contributed by atoms with Crippen LogP contribution in [0.4, 0.5) is 5.13 Å². The molecule has 1 saturated carbocycles. The summed E-state index contributed by atoms with van der Waals surface area (Å²) < 4.78 is 4.98. The number of benzene rings is 1. The highest BCUT2D eigenvalue weighted by atomic mass is 32.1. The lowest BCUT2D eigenvalue weighted by atomic mass is 10.1. The number of nitrogens with zero attached hydrogens (tertiary/aromatic N) is 1. The third-order valence-corrected chi connectivity index (χ3v) is 4.90. The Morgan fingerprint density at radius 2 is 2.09 bits per heavy atom. The number of amides is 1. The first kappa shape index (κ1) is 15.7. The molecule has 1 fully saturated rings. The number of esters is 1. The zero-order valence-electron chi connectivity index (χ0n) is 13.0. The molecule has 1 amide bonds. The van der Waals surface area contributed by atoms with Crippen LogP contribution < -0.4 is 5.32 Å². The Balaban J connectivity index is 1.63. The fourth-order valence-corrected chi connectivity index (χ4v) is 3.45. The largest absolute Gasteiger partial charge is 0.462 e. The molecule has 1 N–H and O–H groups in total. The number of nitrogens with one attached hydrogen (secondary N) is 1. The molecule has 0 aliphatic heterocycles. The first-order valence-electron chi connectivity index (χ1n) is 7.60. The van der Waals surface area contributed by atoms with Gasteiger partial charge in [-0.3, -0.25) is 4.79 Å². The molecule has 1 heterocycles. The Morgan fingerprint density at radius 3 is 2.78 bits per heavy atom. The van der Waals surface area contributed by atoms with E-state index in [9.17, 15) is 9.59 Å². The molecule has 0 spiro atoms. The number of thiazole rings is 1. The number of rotatable bonds is 5. The highest BCUT2D eigenvalue weighted by molar-refractivity contribution is 7.17. The number of hydrogen-bond acceptors (Lipinski definition) is 5. The number of aryl methyl sites for hydroxylation is 1. The zero-order valence-corrected chi connectivity index (χ0v) is 13.9. The maximum Gasteiger partial charge on any atom is 0.350 e. The molecule has 6 heteroatoms. The molecule has 0 saturated heterocycles. The lowest BCUT2D eigenvalue weighted by molar-refractivity contribution is -0.117. The van der Waals surface area contributed by atoms with Gasteiger partial charge in [0, 0.05) is 5.92 Å². The summed E-state index contributed by atoms with van der Waals surface area (Å²) in [7, 11) is 0. The molecule has 0 unspecified atom stereocenters. The summed E-state index contributed by atoms with van der Waals surface area (Å²) in [6, 6.07) is 10.0. The highest BCUT2D eigenvalue weighted by Gasteiger charge is 2.44. The van der Waals surface area contributed by atoms with Gasteiger partial charge < -0.3 is 10.1 Å². The SMILES string of the molecule is CCOC(=O)c1sc(NC(=O)[C@H]2C[C@H]2c2ccccc2)nc1C. The number of hydrogen-bond donors (Lipinski definition) is 1. The monoisotopic (exact) mass is 330 g/mol. The fourth-order valence-electron chi connectivity index (χ4n) is 2.59. The maximum atomic E-state index is 12.3. The molecular formula is C17H18N2O3S. The van der Waals surface area contributed by atoms with Gasteiger partial charge in [0.05, 0.1) is 12.3 Å². The Labute approximate surface area is 138 Å². The van der Waals surface area contributed by atoms with Crippen LogP contribution in [0.3, 0.4) is 0 Å². The standard InChI is InChI=1S/C17H18N2O3S/c1-3-22-16(21)14-10(2)18-17(23-14)19-15(20)13-9-12(13)11-7-5-4-6-8-11/h4-8,12-13H,3,9H2,1-2H3,(H,18,19,20)/t12-,13-/m0/s1. The third kappa shape index (κ3) is 3.42. The summed E-state index contributed by atoms with van der Waals surface area (Å²) >= 11 is 1.16. The van der Waals surface area contributed by atoms with E-state index >= 15 is 0 Å². The van der Waals surface area contributed by atoms with Crippen LogP contribution in [0.15, 0.2) is 30.3 Å². The lowest BCUT2D eigenvalue weighted by Crippen LogP contribution is -2.14. The van der Waals surface area contributed by atoms with E-state index < -0.39 is 5.97 Å². The summed E-state index contributed by atoms with van der Waals surface area (Å²) in [5.41, 5.74) is 1.77. The minimum atomic E-state index is -0.392. The van der Waals surface area contributed by atoms with Crippen molar-refractivity contribution in [2.24, 2.45) is 5.92 Å². The molecule has 23 heavy (non-hydrogen) atoms. The van der Waals surface area contributed by atoms with E-state index in [1.54, 1.807) is 13.8 Å². The van der Waals surface area contributed by atoms with Crippen molar-refractivity contribution in [3.8, 4) is 0 Å². The van der Waals surface area contributed by atoms with Gasteiger partial charge in [0.1, 0.15) is 4.88 Å². The maximum absolute atomic E-state index is 12.3. The van der Waals surface area contributed by atoms with E-state index in [0.717, 1.165) is 17.8 Å². The van der Waals surface area contributed by atoms with E-state index in [1.165, 1.54) is 5.56 Å². The molecule has 5 nitrogen and oxygen atoms in total. The lowest BCUT2D eigenvalue weighted by Gasteiger charge is -2.01. The van der Waals surface area contributed by atoms with Crippen LogP contribution in [-0.4, -0.2) is 23.5 Å². The summed E-state index contributed by atoms with van der Waals surface area (Å²) in [5, 5.41) is 3.28. The second-order valence-corrected chi connectivity index (χ2v) is 6.50. The van der Waals surface area contributed by atoms with Crippen LogP contribution >= 0.6 is 11.3 Å². The van der Waals surface area contributed by atoms with Gasteiger partial charge in [-0.1, -0.05) is 41.7 Å². The van der Waals surface area contributed by atoms with E-state index in [4.69, 9.17) is 4.74 Å². The van der Waals surface area contributed by atoms with Gasteiger partial charge in [0.15, 0.2) is 5.13 Å².